The Hall–Kier alpha value is -4.25. The molecule has 12 heteroatoms. The van der Waals surface area contributed by atoms with Gasteiger partial charge in [-0.15, -0.1) is 0 Å². The van der Waals surface area contributed by atoms with Crippen molar-refractivity contribution in [2.24, 2.45) is 0 Å². The second-order valence-corrected chi connectivity index (χ2v) is 7.54. The van der Waals surface area contributed by atoms with Crippen molar-refractivity contribution in [2.75, 3.05) is 5.32 Å². The Morgan fingerprint density at radius 1 is 0.941 bits per heavy atom. The molecule has 0 aliphatic rings. The number of carbonyl (C=O) groups is 1. The molecule has 0 aliphatic carbocycles. The predicted octanol–water partition coefficient (Wildman–Crippen LogP) is 4.93. The largest absolute Gasteiger partial charge is 0.434 e. The van der Waals surface area contributed by atoms with Crippen LogP contribution >= 0.6 is 11.6 Å². The Morgan fingerprint density at radius 3 is 2.44 bits per heavy atom. The lowest BCUT2D eigenvalue weighted by molar-refractivity contribution is -0.143. The lowest BCUT2D eigenvalue weighted by Gasteiger charge is -2.14. The van der Waals surface area contributed by atoms with Crippen LogP contribution in [0.25, 0.3) is 22.1 Å². The van der Waals surface area contributed by atoms with Gasteiger partial charge in [-0.2, -0.15) is 33.3 Å². The molecule has 3 aromatic heterocycles. The molecule has 2 aromatic carbocycles. The lowest BCUT2D eigenvalue weighted by atomic mass is 10.1. The molecule has 5 rings (SSSR count). The van der Waals surface area contributed by atoms with E-state index in [1.807, 2.05) is 0 Å². The van der Waals surface area contributed by atoms with E-state index in [0.29, 0.717) is 21.1 Å². The van der Waals surface area contributed by atoms with Crippen LogP contribution in [0.15, 0.2) is 73.4 Å². The van der Waals surface area contributed by atoms with E-state index in [4.69, 9.17) is 11.6 Å². The van der Waals surface area contributed by atoms with Gasteiger partial charge in [-0.05, 0) is 18.2 Å². The van der Waals surface area contributed by atoms with Crippen LogP contribution in [0.3, 0.4) is 0 Å². The van der Waals surface area contributed by atoms with Gasteiger partial charge in [0.05, 0.1) is 41.1 Å². The number of anilines is 1. The molecule has 3 heterocycles. The minimum absolute atomic E-state index is 0.101. The van der Waals surface area contributed by atoms with Crippen LogP contribution in [0, 0.1) is 0 Å². The number of amides is 1. The van der Waals surface area contributed by atoms with Crippen molar-refractivity contribution in [3.8, 4) is 11.4 Å². The summed E-state index contributed by atoms with van der Waals surface area (Å²) in [4.78, 5) is 18.2. The normalized spacial score (nSPS) is 11.6. The Kier molecular flexibility index (Phi) is 5.25. The molecule has 170 valence electrons. The van der Waals surface area contributed by atoms with Crippen molar-refractivity contribution < 1.29 is 18.0 Å². The highest BCUT2D eigenvalue weighted by Gasteiger charge is 2.41. The number of alkyl halides is 3. The molecule has 8 nitrogen and oxygen atoms in total. The van der Waals surface area contributed by atoms with Gasteiger partial charge in [0.25, 0.3) is 5.91 Å². The summed E-state index contributed by atoms with van der Waals surface area (Å²) in [6.45, 7) is 0. The number of nitrogens with zero attached hydrogens (tertiary/aromatic N) is 6. The predicted molar refractivity (Wildman–Crippen MR) is 118 cm³/mol. The first-order chi connectivity index (χ1) is 16.3. The van der Waals surface area contributed by atoms with E-state index in [-0.39, 0.29) is 16.4 Å². The number of aromatic nitrogens is 6. The van der Waals surface area contributed by atoms with Crippen molar-refractivity contribution >= 4 is 34.0 Å². The standard InChI is InChI=1S/C22H13ClF3N7O/c23-17-9-14(5-6-18(17)33-28-7-8-29-33)31-21(34)16-11-30-32(20(16)22(24,25)26)19-12-27-10-13-3-1-2-4-15(13)19/h1-12H,(H,31,34). The molecule has 0 radical (unpaired) electrons. The van der Waals surface area contributed by atoms with E-state index >= 15 is 0 Å². The number of pyridine rings is 1. The smallest absolute Gasteiger partial charge is 0.322 e. The van der Waals surface area contributed by atoms with Crippen LogP contribution in [0.1, 0.15) is 16.1 Å². The first-order valence-corrected chi connectivity index (χ1v) is 10.2. The van der Waals surface area contributed by atoms with Gasteiger partial charge in [0.2, 0.25) is 0 Å². The van der Waals surface area contributed by atoms with Crippen molar-refractivity contribution in [3.63, 3.8) is 0 Å². The van der Waals surface area contributed by atoms with Gasteiger partial charge >= 0.3 is 6.18 Å². The molecule has 0 saturated carbocycles. The van der Waals surface area contributed by atoms with Gasteiger partial charge in [-0.1, -0.05) is 35.9 Å². The van der Waals surface area contributed by atoms with Gasteiger partial charge < -0.3 is 5.32 Å². The average Bonchev–Trinajstić information content (AvgIpc) is 3.49. The third kappa shape index (κ3) is 3.86. The van der Waals surface area contributed by atoms with Crippen molar-refractivity contribution in [3.05, 3.63) is 89.7 Å². The topological polar surface area (TPSA) is 90.5 Å². The molecule has 34 heavy (non-hydrogen) atoms. The average molecular weight is 484 g/mol. The Bertz CT molecular complexity index is 1510. The van der Waals surface area contributed by atoms with Crippen molar-refractivity contribution in [2.45, 2.75) is 6.18 Å². The molecular formula is C22H13ClF3N7O. The third-order valence-corrected chi connectivity index (χ3v) is 5.30. The lowest BCUT2D eigenvalue weighted by Crippen LogP contribution is -2.21. The highest BCUT2D eigenvalue weighted by molar-refractivity contribution is 6.32. The maximum atomic E-state index is 14.1. The van der Waals surface area contributed by atoms with Crippen LogP contribution in [-0.2, 0) is 6.18 Å². The van der Waals surface area contributed by atoms with E-state index in [1.165, 1.54) is 47.8 Å². The zero-order valence-corrected chi connectivity index (χ0v) is 17.8. The quantitative estimate of drug-likeness (QED) is 0.391. The number of carbonyl (C=O) groups excluding carboxylic acids is 1. The van der Waals surface area contributed by atoms with Crippen LogP contribution in [0.2, 0.25) is 5.02 Å². The summed E-state index contributed by atoms with van der Waals surface area (Å²) in [6, 6.07) is 11.2. The Labute approximate surface area is 194 Å². The highest BCUT2D eigenvalue weighted by Crippen LogP contribution is 2.35. The van der Waals surface area contributed by atoms with Crippen LogP contribution in [0.4, 0.5) is 18.9 Å². The number of hydrogen-bond donors (Lipinski definition) is 1. The second-order valence-electron chi connectivity index (χ2n) is 7.14. The van der Waals surface area contributed by atoms with Gasteiger partial charge in [0, 0.05) is 22.7 Å². The zero-order valence-electron chi connectivity index (χ0n) is 17.0. The summed E-state index contributed by atoms with van der Waals surface area (Å²) in [5, 5.41) is 15.6. The molecule has 1 amide bonds. The third-order valence-electron chi connectivity index (χ3n) is 5.00. The fourth-order valence-corrected chi connectivity index (χ4v) is 3.78. The molecule has 0 saturated heterocycles. The molecule has 0 unspecified atom stereocenters. The Morgan fingerprint density at radius 2 is 1.71 bits per heavy atom. The van der Waals surface area contributed by atoms with Gasteiger partial charge in [0.1, 0.15) is 5.69 Å². The fraction of sp³-hybridized carbons (Fsp3) is 0.0455. The SMILES string of the molecule is O=C(Nc1ccc(-n2nccn2)c(Cl)c1)c1cnn(-c2cncc3ccccc23)c1C(F)(F)F. The summed E-state index contributed by atoms with van der Waals surface area (Å²) in [5.41, 5.74) is -1.12. The molecular weight excluding hydrogens is 471 g/mol. The zero-order chi connectivity index (χ0) is 23.9. The first kappa shape index (κ1) is 21.6. The molecule has 0 bridgehead atoms. The molecule has 0 atom stereocenters. The van der Waals surface area contributed by atoms with Crippen LogP contribution in [-0.4, -0.2) is 35.7 Å². The first-order valence-electron chi connectivity index (χ1n) is 9.79. The van der Waals surface area contributed by atoms with Crippen molar-refractivity contribution in [1.82, 2.24) is 29.8 Å². The van der Waals surface area contributed by atoms with E-state index in [9.17, 15) is 18.0 Å². The van der Waals surface area contributed by atoms with Crippen LogP contribution < -0.4 is 5.32 Å². The maximum Gasteiger partial charge on any atom is 0.434 e. The summed E-state index contributed by atoms with van der Waals surface area (Å²) >= 11 is 6.24. The molecule has 0 fully saturated rings. The second kappa shape index (κ2) is 8.27. The highest BCUT2D eigenvalue weighted by atomic mass is 35.5. The maximum absolute atomic E-state index is 14.1. The molecule has 0 spiro atoms. The van der Waals surface area contributed by atoms with E-state index in [2.05, 4.69) is 25.6 Å². The van der Waals surface area contributed by atoms with E-state index in [0.717, 1.165) is 6.20 Å². The van der Waals surface area contributed by atoms with E-state index < -0.39 is 23.3 Å². The van der Waals surface area contributed by atoms with Gasteiger partial charge in [-0.3, -0.25) is 9.78 Å². The van der Waals surface area contributed by atoms with Gasteiger partial charge in [-0.25, -0.2) is 4.68 Å². The summed E-state index contributed by atoms with van der Waals surface area (Å²) in [7, 11) is 0. The monoisotopic (exact) mass is 483 g/mol. The summed E-state index contributed by atoms with van der Waals surface area (Å²) < 4.78 is 43.0. The fourth-order valence-electron chi connectivity index (χ4n) is 3.52. The number of fused-ring (bicyclic) bond motifs is 1. The number of halogens is 4. The van der Waals surface area contributed by atoms with Crippen molar-refractivity contribution in [1.29, 1.82) is 0 Å². The molecule has 5 aromatic rings. The minimum Gasteiger partial charge on any atom is -0.322 e. The number of benzene rings is 2. The Balaban J connectivity index is 1.53. The molecule has 0 aliphatic heterocycles. The number of rotatable bonds is 4. The number of hydrogen-bond acceptors (Lipinski definition) is 5. The minimum atomic E-state index is -4.87. The van der Waals surface area contributed by atoms with Crippen LogP contribution in [0.5, 0.6) is 0 Å². The van der Waals surface area contributed by atoms with Gasteiger partial charge in [0.15, 0.2) is 5.69 Å². The van der Waals surface area contributed by atoms with E-state index in [1.54, 1.807) is 24.3 Å². The summed E-state index contributed by atoms with van der Waals surface area (Å²) in [6.07, 6.45) is 1.75. The number of nitrogens with one attached hydrogen (secondary N) is 1. The molecule has 1 N–H and O–H groups in total. The summed E-state index contributed by atoms with van der Waals surface area (Å²) in [5.74, 6) is -0.993.